The first kappa shape index (κ1) is 12.9. The molecular weight excluding hydrogens is 247 g/mol. The van der Waals surface area contributed by atoms with Crippen LogP contribution in [0.2, 0.25) is 0 Å². The fraction of sp³-hybridized carbons (Fsp3) is 0.0714. The Labute approximate surface area is 109 Å². The highest BCUT2D eigenvalue weighted by molar-refractivity contribution is 5.97. The molecule has 0 bridgehead atoms. The van der Waals surface area contributed by atoms with Gasteiger partial charge in [0.15, 0.2) is 0 Å². The molecule has 4 nitrogen and oxygen atoms in total. The number of aromatic carboxylic acids is 1. The Balaban J connectivity index is 2.13. The van der Waals surface area contributed by atoms with Crippen LogP contribution in [0.15, 0.2) is 42.5 Å². The van der Waals surface area contributed by atoms with Gasteiger partial charge in [-0.15, -0.1) is 0 Å². The molecule has 0 saturated carbocycles. The number of nitrogen functional groups attached to an aromatic ring is 1. The summed E-state index contributed by atoms with van der Waals surface area (Å²) in [6.45, 7) is 0.438. The Hall–Kier alpha value is -2.56. The minimum Gasteiger partial charge on any atom is -0.478 e. The van der Waals surface area contributed by atoms with Crippen molar-refractivity contribution < 1.29 is 14.3 Å². The first-order valence-electron chi connectivity index (χ1n) is 5.68. The van der Waals surface area contributed by atoms with Crippen LogP contribution in [0.3, 0.4) is 0 Å². The number of nitrogens with one attached hydrogen (secondary N) is 1. The van der Waals surface area contributed by atoms with Gasteiger partial charge in [0.2, 0.25) is 0 Å². The van der Waals surface area contributed by atoms with Gasteiger partial charge in [-0.25, -0.2) is 9.18 Å². The molecule has 98 valence electrons. The lowest BCUT2D eigenvalue weighted by molar-refractivity contribution is 0.0698. The summed E-state index contributed by atoms with van der Waals surface area (Å²) in [5.74, 6) is -1.36. The maximum Gasteiger partial charge on any atom is 0.337 e. The van der Waals surface area contributed by atoms with Crippen LogP contribution in [-0.4, -0.2) is 11.1 Å². The van der Waals surface area contributed by atoms with E-state index in [-0.39, 0.29) is 17.1 Å². The average Bonchev–Trinajstić information content (AvgIpc) is 2.39. The average molecular weight is 260 g/mol. The van der Waals surface area contributed by atoms with E-state index in [1.165, 1.54) is 18.2 Å². The normalized spacial score (nSPS) is 10.2. The summed E-state index contributed by atoms with van der Waals surface area (Å²) in [6.07, 6.45) is 0. The summed E-state index contributed by atoms with van der Waals surface area (Å²) in [5, 5.41) is 12.0. The minimum absolute atomic E-state index is 0.0594. The molecule has 0 saturated heterocycles. The van der Waals surface area contributed by atoms with Gasteiger partial charge in [0, 0.05) is 6.54 Å². The fourth-order valence-electron chi connectivity index (χ4n) is 1.71. The first-order chi connectivity index (χ1) is 9.08. The number of anilines is 2. The maximum atomic E-state index is 12.8. The summed E-state index contributed by atoms with van der Waals surface area (Å²) < 4.78 is 12.8. The number of carboxylic acids is 1. The standard InChI is InChI=1S/C14H13FN2O2/c15-10-6-4-9(5-7-10)8-17-12-3-1-2-11(13(12)16)14(18)19/h1-7,17H,8,16H2,(H,18,19). The van der Waals surface area contributed by atoms with Gasteiger partial charge in [-0.3, -0.25) is 0 Å². The van der Waals surface area contributed by atoms with E-state index in [4.69, 9.17) is 10.8 Å². The highest BCUT2D eigenvalue weighted by atomic mass is 19.1. The van der Waals surface area contributed by atoms with E-state index in [1.54, 1.807) is 24.3 Å². The third kappa shape index (κ3) is 3.01. The van der Waals surface area contributed by atoms with E-state index in [0.717, 1.165) is 5.56 Å². The zero-order valence-corrected chi connectivity index (χ0v) is 10.1. The van der Waals surface area contributed by atoms with Crippen molar-refractivity contribution in [2.45, 2.75) is 6.54 Å². The molecule has 2 aromatic carbocycles. The van der Waals surface area contributed by atoms with Gasteiger partial charge < -0.3 is 16.2 Å². The number of carbonyl (C=O) groups is 1. The molecule has 2 aromatic rings. The van der Waals surface area contributed by atoms with Crippen molar-refractivity contribution in [1.29, 1.82) is 0 Å². The lowest BCUT2D eigenvalue weighted by Gasteiger charge is -2.11. The second-order valence-corrected chi connectivity index (χ2v) is 4.05. The third-order valence-corrected chi connectivity index (χ3v) is 2.73. The smallest absolute Gasteiger partial charge is 0.337 e. The number of carboxylic acid groups (broad SMARTS) is 1. The Morgan fingerprint density at radius 1 is 1.21 bits per heavy atom. The molecule has 0 unspecified atom stereocenters. The monoisotopic (exact) mass is 260 g/mol. The second kappa shape index (κ2) is 5.39. The third-order valence-electron chi connectivity index (χ3n) is 2.73. The minimum atomic E-state index is -1.07. The number of benzene rings is 2. The second-order valence-electron chi connectivity index (χ2n) is 4.05. The molecule has 5 heteroatoms. The van der Waals surface area contributed by atoms with Crippen LogP contribution in [0.5, 0.6) is 0 Å². The molecule has 2 rings (SSSR count). The number of hydrogen-bond donors (Lipinski definition) is 3. The van der Waals surface area contributed by atoms with Gasteiger partial charge in [0.1, 0.15) is 5.82 Å². The molecule has 0 aliphatic heterocycles. The molecule has 4 N–H and O–H groups in total. The number of para-hydroxylation sites is 1. The molecule has 0 heterocycles. The summed E-state index contributed by atoms with van der Waals surface area (Å²) in [6, 6.07) is 10.8. The van der Waals surface area contributed by atoms with E-state index in [0.29, 0.717) is 12.2 Å². The summed E-state index contributed by atoms with van der Waals surface area (Å²) in [7, 11) is 0. The zero-order chi connectivity index (χ0) is 13.8. The predicted octanol–water partition coefficient (Wildman–Crippen LogP) is 2.72. The van der Waals surface area contributed by atoms with Crippen molar-refractivity contribution in [3.63, 3.8) is 0 Å². The van der Waals surface area contributed by atoms with Gasteiger partial charge in [0.25, 0.3) is 0 Å². The molecule has 0 atom stereocenters. The highest BCUT2D eigenvalue weighted by Crippen LogP contribution is 2.23. The van der Waals surface area contributed by atoms with Gasteiger partial charge in [-0.05, 0) is 29.8 Å². The Kier molecular flexibility index (Phi) is 3.66. The summed E-state index contributed by atoms with van der Waals surface area (Å²) in [4.78, 5) is 10.9. The van der Waals surface area contributed by atoms with E-state index in [9.17, 15) is 9.18 Å². The van der Waals surface area contributed by atoms with E-state index < -0.39 is 5.97 Å². The van der Waals surface area contributed by atoms with Crippen LogP contribution in [0, 0.1) is 5.82 Å². The Morgan fingerprint density at radius 2 is 1.89 bits per heavy atom. The van der Waals surface area contributed by atoms with Crippen LogP contribution in [-0.2, 0) is 6.54 Å². The topological polar surface area (TPSA) is 75.3 Å². The molecule has 0 fully saturated rings. The number of rotatable bonds is 4. The van der Waals surface area contributed by atoms with Crippen LogP contribution < -0.4 is 11.1 Å². The molecule has 0 aliphatic rings. The lowest BCUT2D eigenvalue weighted by atomic mass is 10.1. The van der Waals surface area contributed by atoms with Gasteiger partial charge in [-0.1, -0.05) is 18.2 Å². The van der Waals surface area contributed by atoms with Gasteiger partial charge in [0.05, 0.1) is 16.9 Å². The van der Waals surface area contributed by atoms with Crippen molar-refractivity contribution in [3.8, 4) is 0 Å². The van der Waals surface area contributed by atoms with Crippen molar-refractivity contribution in [2.75, 3.05) is 11.1 Å². The molecule has 0 aliphatic carbocycles. The van der Waals surface area contributed by atoms with Crippen LogP contribution in [0.25, 0.3) is 0 Å². The van der Waals surface area contributed by atoms with Crippen molar-refractivity contribution in [2.24, 2.45) is 0 Å². The molecule has 0 amide bonds. The van der Waals surface area contributed by atoms with Crippen molar-refractivity contribution in [3.05, 3.63) is 59.4 Å². The number of nitrogens with two attached hydrogens (primary N) is 1. The summed E-state index contributed by atoms with van der Waals surface area (Å²) >= 11 is 0. The van der Waals surface area contributed by atoms with Crippen LogP contribution in [0.4, 0.5) is 15.8 Å². The zero-order valence-electron chi connectivity index (χ0n) is 10.1. The molecule has 19 heavy (non-hydrogen) atoms. The van der Waals surface area contributed by atoms with E-state index in [2.05, 4.69) is 5.32 Å². The maximum absolute atomic E-state index is 12.8. The highest BCUT2D eigenvalue weighted by Gasteiger charge is 2.10. The number of hydrogen-bond acceptors (Lipinski definition) is 3. The van der Waals surface area contributed by atoms with E-state index >= 15 is 0 Å². The van der Waals surface area contributed by atoms with Gasteiger partial charge >= 0.3 is 5.97 Å². The first-order valence-corrected chi connectivity index (χ1v) is 5.68. The number of halogens is 1. The predicted molar refractivity (Wildman–Crippen MR) is 71.5 cm³/mol. The quantitative estimate of drug-likeness (QED) is 0.739. The lowest BCUT2D eigenvalue weighted by Crippen LogP contribution is -2.07. The largest absolute Gasteiger partial charge is 0.478 e. The summed E-state index contributed by atoms with van der Waals surface area (Å²) in [5.41, 5.74) is 7.44. The molecule has 0 spiro atoms. The molecule has 0 aromatic heterocycles. The van der Waals surface area contributed by atoms with Crippen molar-refractivity contribution in [1.82, 2.24) is 0 Å². The fourth-order valence-corrected chi connectivity index (χ4v) is 1.71. The molecule has 0 radical (unpaired) electrons. The van der Waals surface area contributed by atoms with Gasteiger partial charge in [-0.2, -0.15) is 0 Å². The van der Waals surface area contributed by atoms with Crippen LogP contribution >= 0.6 is 0 Å². The Bertz CT molecular complexity index is 597. The SMILES string of the molecule is Nc1c(NCc2ccc(F)cc2)cccc1C(=O)O. The van der Waals surface area contributed by atoms with Crippen LogP contribution in [0.1, 0.15) is 15.9 Å². The Morgan fingerprint density at radius 3 is 2.53 bits per heavy atom. The molecular formula is C14H13FN2O2. The van der Waals surface area contributed by atoms with E-state index in [1.807, 2.05) is 0 Å². The van der Waals surface area contributed by atoms with Crippen molar-refractivity contribution >= 4 is 17.3 Å².